The van der Waals surface area contributed by atoms with Crippen LogP contribution >= 0.6 is 0 Å². The molecule has 0 aliphatic carbocycles. The fourth-order valence-electron chi connectivity index (χ4n) is 3.93. The maximum Gasteiger partial charge on any atom is 0.213 e. The molecule has 0 bridgehead atoms. The van der Waals surface area contributed by atoms with Gasteiger partial charge in [-0.15, -0.1) is 5.10 Å². The van der Waals surface area contributed by atoms with Crippen LogP contribution in [0.5, 0.6) is 5.88 Å². The number of hydrogen-bond acceptors (Lipinski definition) is 8. The molecule has 0 aliphatic rings. The Bertz CT molecular complexity index is 1500. The Balaban J connectivity index is 1.54. The van der Waals surface area contributed by atoms with Crippen LogP contribution in [0.1, 0.15) is 16.8 Å². The maximum atomic E-state index is 9.61. The Morgan fingerprint density at radius 1 is 1.00 bits per heavy atom. The molecule has 4 aromatic heterocycles. The molecule has 5 rings (SSSR count). The Kier molecular flexibility index (Phi) is 6.07. The minimum absolute atomic E-state index is 0.0322. The lowest BCUT2D eigenvalue weighted by Gasteiger charge is -2.14. The van der Waals surface area contributed by atoms with Gasteiger partial charge in [0, 0.05) is 30.1 Å². The van der Waals surface area contributed by atoms with Crippen LogP contribution < -0.4 is 10.1 Å². The average molecular weight is 468 g/mol. The summed E-state index contributed by atoms with van der Waals surface area (Å²) in [5.74, 6) is 1.91. The first-order valence-corrected chi connectivity index (χ1v) is 11.2. The number of pyridine rings is 2. The van der Waals surface area contributed by atoms with Crippen molar-refractivity contribution in [1.29, 1.82) is 0 Å². The van der Waals surface area contributed by atoms with Crippen LogP contribution in [-0.2, 0) is 6.42 Å². The molecule has 5 aromatic rings. The summed E-state index contributed by atoms with van der Waals surface area (Å²) in [6, 6.07) is 15.5. The lowest BCUT2D eigenvalue weighted by molar-refractivity contribution is 0.299. The number of aliphatic hydroxyl groups excluding tert-OH is 1. The number of aromatic nitrogens is 6. The van der Waals surface area contributed by atoms with Crippen LogP contribution in [0.25, 0.3) is 28.1 Å². The number of hydrogen-bond donors (Lipinski definition) is 2. The first kappa shape index (κ1) is 22.4. The van der Waals surface area contributed by atoms with Crippen molar-refractivity contribution in [2.24, 2.45) is 0 Å². The maximum absolute atomic E-state index is 9.61. The fraction of sp³-hybridized carbons (Fsp3) is 0.192. The molecule has 0 unspecified atom stereocenters. The van der Waals surface area contributed by atoms with E-state index in [1.807, 2.05) is 66.9 Å². The minimum atomic E-state index is 0.0322. The molecule has 35 heavy (non-hydrogen) atoms. The molecular weight excluding hydrogens is 442 g/mol. The number of aliphatic hydroxyl groups is 1. The Hall–Kier alpha value is -4.37. The molecule has 9 heteroatoms. The van der Waals surface area contributed by atoms with Crippen molar-refractivity contribution >= 4 is 22.5 Å². The number of benzene rings is 1. The number of aryl methyl sites for hydroxylation is 2. The molecule has 1 aromatic carbocycles. The standard InChI is InChI=1S/C26H25N7O2/c1-16-14-27-25(35-3)13-20(16)26-18(10-11-34)5-9-24(30-26)33-15-28-21-12-19(6-7-22(21)33)29-23-8-4-17(2)31-32-23/h4-9,12-15,34H,10-11H2,1-3H3,(H,29,32). The van der Waals surface area contributed by atoms with Gasteiger partial charge in [0.05, 0.1) is 29.5 Å². The number of rotatable bonds is 7. The van der Waals surface area contributed by atoms with E-state index in [0.717, 1.165) is 50.6 Å². The number of anilines is 2. The zero-order chi connectivity index (χ0) is 24.4. The molecule has 0 amide bonds. The minimum Gasteiger partial charge on any atom is -0.481 e. The van der Waals surface area contributed by atoms with Gasteiger partial charge >= 0.3 is 0 Å². The van der Waals surface area contributed by atoms with E-state index in [2.05, 4.69) is 25.5 Å². The number of methoxy groups -OCH3 is 1. The zero-order valence-corrected chi connectivity index (χ0v) is 19.7. The summed E-state index contributed by atoms with van der Waals surface area (Å²) in [5, 5.41) is 21.1. The summed E-state index contributed by atoms with van der Waals surface area (Å²) in [4.78, 5) is 13.9. The smallest absolute Gasteiger partial charge is 0.213 e. The number of ether oxygens (including phenoxy) is 1. The third kappa shape index (κ3) is 4.53. The zero-order valence-electron chi connectivity index (χ0n) is 19.7. The molecule has 0 aliphatic heterocycles. The van der Waals surface area contributed by atoms with E-state index in [1.165, 1.54) is 0 Å². The third-order valence-electron chi connectivity index (χ3n) is 5.75. The summed E-state index contributed by atoms with van der Waals surface area (Å²) in [6.07, 6.45) is 4.02. The van der Waals surface area contributed by atoms with Crippen molar-refractivity contribution in [1.82, 2.24) is 29.7 Å². The molecule has 0 spiro atoms. The van der Waals surface area contributed by atoms with Crippen molar-refractivity contribution in [2.45, 2.75) is 20.3 Å². The summed E-state index contributed by atoms with van der Waals surface area (Å²) in [7, 11) is 1.59. The predicted octanol–water partition coefficient (Wildman–Crippen LogP) is 4.18. The van der Waals surface area contributed by atoms with Crippen molar-refractivity contribution in [3.05, 3.63) is 77.9 Å². The lowest BCUT2D eigenvalue weighted by atomic mass is 10.0. The second kappa shape index (κ2) is 9.47. The van der Waals surface area contributed by atoms with Crippen LogP contribution in [0.15, 0.2) is 61.1 Å². The van der Waals surface area contributed by atoms with E-state index in [0.29, 0.717) is 18.1 Å². The molecule has 9 nitrogen and oxygen atoms in total. The predicted molar refractivity (Wildman–Crippen MR) is 134 cm³/mol. The van der Waals surface area contributed by atoms with Crippen LogP contribution in [0, 0.1) is 13.8 Å². The third-order valence-corrected chi connectivity index (χ3v) is 5.75. The Morgan fingerprint density at radius 3 is 2.66 bits per heavy atom. The van der Waals surface area contributed by atoms with Gasteiger partial charge in [-0.25, -0.2) is 15.0 Å². The summed E-state index contributed by atoms with van der Waals surface area (Å²) in [5.41, 5.74) is 7.09. The first-order valence-electron chi connectivity index (χ1n) is 11.2. The van der Waals surface area contributed by atoms with Crippen LogP contribution in [0.2, 0.25) is 0 Å². The molecule has 2 N–H and O–H groups in total. The number of nitrogens with one attached hydrogen (secondary N) is 1. The normalized spacial score (nSPS) is 11.1. The van der Waals surface area contributed by atoms with Crippen molar-refractivity contribution in [2.75, 3.05) is 19.0 Å². The number of imidazole rings is 1. The topological polar surface area (TPSA) is 111 Å². The lowest BCUT2D eigenvalue weighted by Crippen LogP contribution is -2.04. The van der Waals surface area contributed by atoms with Gasteiger partial charge in [0.15, 0.2) is 5.82 Å². The van der Waals surface area contributed by atoms with E-state index in [-0.39, 0.29) is 6.61 Å². The highest BCUT2D eigenvalue weighted by molar-refractivity contribution is 5.82. The van der Waals surface area contributed by atoms with Crippen LogP contribution in [0.4, 0.5) is 11.5 Å². The highest BCUT2D eigenvalue weighted by Gasteiger charge is 2.15. The Labute approximate surface area is 202 Å². The van der Waals surface area contributed by atoms with Crippen molar-refractivity contribution < 1.29 is 9.84 Å². The van der Waals surface area contributed by atoms with E-state index in [4.69, 9.17) is 9.72 Å². The second-order valence-corrected chi connectivity index (χ2v) is 8.20. The van der Waals surface area contributed by atoms with Gasteiger partial charge in [0.2, 0.25) is 5.88 Å². The average Bonchev–Trinajstić information content (AvgIpc) is 3.30. The van der Waals surface area contributed by atoms with E-state index in [9.17, 15) is 5.11 Å². The fourth-order valence-corrected chi connectivity index (χ4v) is 3.93. The molecule has 0 saturated carbocycles. The summed E-state index contributed by atoms with van der Waals surface area (Å²) < 4.78 is 7.28. The van der Waals surface area contributed by atoms with Gasteiger partial charge in [-0.2, -0.15) is 5.10 Å². The SMILES string of the molecule is COc1cc(-c2nc(-n3cnc4cc(Nc5ccc(C)nn5)ccc43)ccc2CCO)c(C)cn1. The van der Waals surface area contributed by atoms with Crippen LogP contribution in [-0.4, -0.2) is 48.5 Å². The first-order chi connectivity index (χ1) is 17.1. The summed E-state index contributed by atoms with van der Waals surface area (Å²) >= 11 is 0. The highest BCUT2D eigenvalue weighted by atomic mass is 16.5. The monoisotopic (exact) mass is 467 g/mol. The van der Waals surface area contributed by atoms with Gasteiger partial charge in [-0.3, -0.25) is 4.57 Å². The summed E-state index contributed by atoms with van der Waals surface area (Å²) in [6.45, 7) is 3.92. The molecule has 176 valence electrons. The largest absolute Gasteiger partial charge is 0.481 e. The van der Waals surface area contributed by atoms with Crippen LogP contribution in [0.3, 0.4) is 0 Å². The van der Waals surface area contributed by atoms with E-state index in [1.54, 1.807) is 19.6 Å². The van der Waals surface area contributed by atoms with Gasteiger partial charge in [0.25, 0.3) is 0 Å². The van der Waals surface area contributed by atoms with Crippen molar-refractivity contribution in [3.8, 4) is 23.0 Å². The molecule has 0 atom stereocenters. The highest BCUT2D eigenvalue weighted by Crippen LogP contribution is 2.30. The van der Waals surface area contributed by atoms with Gasteiger partial charge < -0.3 is 15.2 Å². The molecule has 4 heterocycles. The van der Waals surface area contributed by atoms with Gasteiger partial charge in [0.1, 0.15) is 12.1 Å². The quantitative estimate of drug-likeness (QED) is 0.367. The van der Waals surface area contributed by atoms with Crippen molar-refractivity contribution in [3.63, 3.8) is 0 Å². The van der Waals surface area contributed by atoms with E-state index < -0.39 is 0 Å². The number of fused-ring (bicyclic) bond motifs is 1. The molecule has 0 fully saturated rings. The second-order valence-electron chi connectivity index (χ2n) is 8.20. The Morgan fingerprint density at radius 2 is 1.89 bits per heavy atom. The van der Waals surface area contributed by atoms with E-state index >= 15 is 0 Å². The number of nitrogens with zero attached hydrogens (tertiary/aromatic N) is 6. The molecule has 0 radical (unpaired) electrons. The van der Waals surface area contributed by atoms with Gasteiger partial charge in [-0.1, -0.05) is 6.07 Å². The molecule has 0 saturated heterocycles. The van der Waals surface area contributed by atoms with Gasteiger partial charge in [-0.05, 0) is 67.8 Å². The molecular formula is C26H25N7O2.